The van der Waals surface area contributed by atoms with Crippen molar-refractivity contribution in [3.63, 3.8) is 0 Å². The van der Waals surface area contributed by atoms with Crippen LogP contribution < -0.4 is 0 Å². The SMILES string of the molecule is O=C(CS(=O)(=O)CCCc1ccccc1)N1CCN(Cc2c(F)cccc2Cl)CC1. The number of piperazine rings is 1. The van der Waals surface area contributed by atoms with Gasteiger partial charge in [-0.3, -0.25) is 9.69 Å². The first-order valence-electron chi connectivity index (χ1n) is 10.0. The fraction of sp³-hybridized carbons (Fsp3) is 0.409. The molecular weight excluding hydrogens is 427 g/mol. The number of amides is 1. The fourth-order valence-corrected chi connectivity index (χ4v) is 5.06. The Balaban J connectivity index is 1.44. The Hall–Kier alpha value is -1.96. The Morgan fingerprint density at radius 1 is 1.00 bits per heavy atom. The lowest BCUT2D eigenvalue weighted by atomic mass is 10.1. The molecule has 30 heavy (non-hydrogen) atoms. The van der Waals surface area contributed by atoms with Gasteiger partial charge in [-0.25, -0.2) is 12.8 Å². The van der Waals surface area contributed by atoms with E-state index in [9.17, 15) is 17.6 Å². The van der Waals surface area contributed by atoms with Gasteiger partial charge in [0.25, 0.3) is 0 Å². The molecule has 0 aliphatic carbocycles. The predicted molar refractivity (Wildman–Crippen MR) is 117 cm³/mol. The Kier molecular flexibility index (Phi) is 7.86. The van der Waals surface area contributed by atoms with Gasteiger partial charge in [0, 0.05) is 43.3 Å². The molecule has 0 radical (unpaired) electrons. The van der Waals surface area contributed by atoms with Crippen LogP contribution in [0.15, 0.2) is 48.5 Å². The van der Waals surface area contributed by atoms with Crippen LogP contribution >= 0.6 is 11.6 Å². The second-order valence-corrected chi connectivity index (χ2v) is 10.1. The van der Waals surface area contributed by atoms with E-state index in [0.717, 1.165) is 5.56 Å². The van der Waals surface area contributed by atoms with Crippen molar-refractivity contribution >= 4 is 27.3 Å². The largest absolute Gasteiger partial charge is 0.339 e. The van der Waals surface area contributed by atoms with Crippen LogP contribution in [0.3, 0.4) is 0 Å². The van der Waals surface area contributed by atoms with E-state index in [1.165, 1.54) is 6.07 Å². The topological polar surface area (TPSA) is 57.7 Å². The summed E-state index contributed by atoms with van der Waals surface area (Å²) in [6.45, 7) is 2.30. The van der Waals surface area contributed by atoms with E-state index in [1.807, 2.05) is 35.2 Å². The standard InChI is InChI=1S/C22H26ClFN2O3S/c23-20-9-4-10-21(24)19(20)16-25-11-13-26(14-12-25)22(27)17-30(28,29)15-5-8-18-6-2-1-3-7-18/h1-4,6-7,9-10H,5,8,11-17H2. The van der Waals surface area contributed by atoms with Crippen molar-refractivity contribution in [2.45, 2.75) is 19.4 Å². The molecule has 0 aromatic heterocycles. The summed E-state index contributed by atoms with van der Waals surface area (Å²) in [7, 11) is -3.45. The minimum atomic E-state index is -3.45. The molecule has 1 amide bonds. The van der Waals surface area contributed by atoms with E-state index in [-0.39, 0.29) is 17.5 Å². The van der Waals surface area contributed by atoms with Crippen LogP contribution in [0.25, 0.3) is 0 Å². The van der Waals surface area contributed by atoms with Crippen molar-refractivity contribution in [3.05, 3.63) is 70.5 Å². The number of carbonyl (C=O) groups excluding carboxylic acids is 1. The molecule has 1 aliphatic rings. The molecule has 2 aromatic carbocycles. The predicted octanol–water partition coefficient (Wildman–Crippen LogP) is 3.17. The lowest BCUT2D eigenvalue weighted by Crippen LogP contribution is -2.49. The summed E-state index contributed by atoms with van der Waals surface area (Å²) in [5.74, 6) is -1.17. The van der Waals surface area contributed by atoms with Gasteiger partial charge in [-0.2, -0.15) is 0 Å². The van der Waals surface area contributed by atoms with Gasteiger partial charge in [-0.15, -0.1) is 0 Å². The molecule has 1 heterocycles. The van der Waals surface area contributed by atoms with Crippen molar-refractivity contribution in [2.24, 2.45) is 0 Å². The lowest BCUT2D eigenvalue weighted by Gasteiger charge is -2.35. The van der Waals surface area contributed by atoms with E-state index in [1.54, 1.807) is 17.0 Å². The normalized spacial score (nSPS) is 15.3. The lowest BCUT2D eigenvalue weighted by molar-refractivity contribution is -0.130. The van der Waals surface area contributed by atoms with Crippen LogP contribution in [0.2, 0.25) is 5.02 Å². The van der Waals surface area contributed by atoms with Crippen LogP contribution in [-0.2, 0) is 27.6 Å². The second kappa shape index (κ2) is 10.4. The number of sulfone groups is 1. The van der Waals surface area contributed by atoms with Crippen LogP contribution in [0.5, 0.6) is 0 Å². The molecular formula is C22H26ClFN2O3S. The molecule has 1 saturated heterocycles. The molecule has 0 bridgehead atoms. The molecule has 1 fully saturated rings. The van der Waals surface area contributed by atoms with Crippen LogP contribution in [0.4, 0.5) is 4.39 Å². The molecule has 3 rings (SSSR count). The van der Waals surface area contributed by atoms with Crippen molar-refractivity contribution < 1.29 is 17.6 Å². The third kappa shape index (κ3) is 6.52. The highest BCUT2D eigenvalue weighted by atomic mass is 35.5. The van der Waals surface area contributed by atoms with Crippen LogP contribution in [-0.4, -0.2) is 61.8 Å². The number of carbonyl (C=O) groups is 1. The molecule has 0 spiro atoms. The first-order valence-corrected chi connectivity index (χ1v) is 12.2. The van der Waals surface area contributed by atoms with Gasteiger partial charge in [0.15, 0.2) is 9.84 Å². The molecule has 0 unspecified atom stereocenters. The highest BCUT2D eigenvalue weighted by molar-refractivity contribution is 7.92. The van der Waals surface area contributed by atoms with E-state index in [4.69, 9.17) is 11.6 Å². The van der Waals surface area contributed by atoms with Gasteiger partial charge in [0.2, 0.25) is 5.91 Å². The van der Waals surface area contributed by atoms with E-state index >= 15 is 0 Å². The van der Waals surface area contributed by atoms with Gasteiger partial charge in [-0.05, 0) is 30.5 Å². The average Bonchev–Trinajstić information content (AvgIpc) is 2.71. The van der Waals surface area contributed by atoms with Crippen molar-refractivity contribution in [3.8, 4) is 0 Å². The number of hydrogen-bond acceptors (Lipinski definition) is 4. The number of nitrogens with zero attached hydrogens (tertiary/aromatic N) is 2. The zero-order chi connectivity index (χ0) is 21.6. The first kappa shape index (κ1) is 22.7. The number of aryl methyl sites for hydroxylation is 1. The van der Waals surface area contributed by atoms with E-state index in [2.05, 4.69) is 0 Å². The second-order valence-electron chi connectivity index (χ2n) is 7.54. The van der Waals surface area contributed by atoms with Gasteiger partial charge in [0.1, 0.15) is 11.6 Å². The summed E-state index contributed by atoms with van der Waals surface area (Å²) in [4.78, 5) is 16.1. The van der Waals surface area contributed by atoms with Gasteiger partial charge >= 0.3 is 0 Å². The zero-order valence-corrected chi connectivity index (χ0v) is 18.3. The summed E-state index contributed by atoms with van der Waals surface area (Å²) < 4.78 is 38.6. The Bertz CT molecular complexity index is 941. The average molecular weight is 453 g/mol. The highest BCUT2D eigenvalue weighted by Gasteiger charge is 2.26. The first-order chi connectivity index (χ1) is 14.3. The third-order valence-electron chi connectivity index (χ3n) is 5.28. The summed E-state index contributed by atoms with van der Waals surface area (Å²) >= 11 is 6.08. The van der Waals surface area contributed by atoms with Crippen LogP contribution in [0.1, 0.15) is 17.5 Å². The van der Waals surface area contributed by atoms with Crippen molar-refractivity contribution in [1.29, 1.82) is 0 Å². The van der Waals surface area contributed by atoms with E-state index < -0.39 is 15.6 Å². The molecule has 0 N–H and O–H groups in total. The molecule has 5 nitrogen and oxygen atoms in total. The molecule has 0 atom stereocenters. The highest BCUT2D eigenvalue weighted by Crippen LogP contribution is 2.21. The molecule has 8 heteroatoms. The number of hydrogen-bond donors (Lipinski definition) is 0. The monoisotopic (exact) mass is 452 g/mol. The summed E-state index contributed by atoms with van der Waals surface area (Å²) in [5, 5.41) is 0.384. The van der Waals surface area contributed by atoms with Gasteiger partial charge in [-0.1, -0.05) is 48.0 Å². The van der Waals surface area contributed by atoms with Crippen molar-refractivity contribution in [1.82, 2.24) is 9.80 Å². The van der Waals surface area contributed by atoms with Crippen LogP contribution in [0, 0.1) is 5.82 Å². The number of benzene rings is 2. The minimum Gasteiger partial charge on any atom is -0.339 e. The number of halogens is 2. The smallest absolute Gasteiger partial charge is 0.237 e. The number of rotatable bonds is 8. The Morgan fingerprint density at radius 2 is 1.70 bits per heavy atom. The maximum absolute atomic E-state index is 14.0. The maximum atomic E-state index is 14.0. The molecule has 1 aliphatic heterocycles. The van der Waals surface area contributed by atoms with Gasteiger partial charge < -0.3 is 4.90 Å². The minimum absolute atomic E-state index is 0.000613. The molecule has 0 saturated carbocycles. The summed E-state index contributed by atoms with van der Waals surface area (Å²) in [5.41, 5.74) is 1.53. The Labute approximate surface area is 182 Å². The zero-order valence-electron chi connectivity index (χ0n) is 16.8. The third-order valence-corrected chi connectivity index (χ3v) is 7.23. The maximum Gasteiger partial charge on any atom is 0.237 e. The quantitative estimate of drug-likeness (QED) is 0.617. The summed E-state index contributed by atoms with van der Waals surface area (Å²) in [6.07, 6.45) is 1.17. The van der Waals surface area contributed by atoms with E-state index in [0.29, 0.717) is 56.2 Å². The fourth-order valence-electron chi connectivity index (χ4n) is 3.55. The molecule has 162 valence electrons. The van der Waals surface area contributed by atoms with Crippen molar-refractivity contribution in [2.75, 3.05) is 37.7 Å². The Morgan fingerprint density at radius 3 is 2.37 bits per heavy atom. The summed E-state index contributed by atoms with van der Waals surface area (Å²) in [6, 6.07) is 14.3. The molecule has 2 aromatic rings. The van der Waals surface area contributed by atoms with Gasteiger partial charge in [0.05, 0.1) is 5.75 Å².